The van der Waals surface area contributed by atoms with Crippen LogP contribution in [0, 0.1) is 17.6 Å². The molecule has 8 heteroatoms. The van der Waals surface area contributed by atoms with Crippen LogP contribution < -0.4 is 10.4 Å². The van der Waals surface area contributed by atoms with E-state index < -0.39 is 40.4 Å². The molecule has 3 atom stereocenters. The van der Waals surface area contributed by atoms with Crippen molar-refractivity contribution in [1.29, 1.82) is 0 Å². The van der Waals surface area contributed by atoms with Crippen molar-refractivity contribution in [3.8, 4) is 5.75 Å². The van der Waals surface area contributed by atoms with Crippen LogP contribution in [0.3, 0.4) is 0 Å². The van der Waals surface area contributed by atoms with Crippen LogP contribution in [0.2, 0.25) is 0 Å². The number of aromatic hydroxyl groups is 1. The van der Waals surface area contributed by atoms with Gasteiger partial charge in [-0.3, -0.25) is 19.3 Å². The second-order valence-corrected chi connectivity index (χ2v) is 9.03. The highest BCUT2D eigenvalue weighted by atomic mass is 19.2. The van der Waals surface area contributed by atoms with Gasteiger partial charge in [-0.2, -0.15) is 0 Å². The van der Waals surface area contributed by atoms with Gasteiger partial charge in [0.15, 0.2) is 23.1 Å². The Labute approximate surface area is 188 Å². The average Bonchev–Trinajstić information content (AvgIpc) is 3.29. The molecule has 33 heavy (non-hydrogen) atoms. The molecular weight excluding hydrogens is 428 g/mol. The molecule has 1 amide bonds. The zero-order valence-corrected chi connectivity index (χ0v) is 18.0. The molecule has 0 fully saturated rings. The Balaban J connectivity index is 1.74. The van der Waals surface area contributed by atoms with Gasteiger partial charge >= 0.3 is 0 Å². The van der Waals surface area contributed by atoms with Crippen molar-refractivity contribution in [2.45, 2.75) is 31.5 Å². The zero-order chi connectivity index (χ0) is 23.2. The molecule has 2 aromatic carbocycles. The maximum Gasteiger partial charge on any atom is 0.277 e. The van der Waals surface area contributed by atoms with E-state index in [1.54, 1.807) is 13.1 Å². The summed E-state index contributed by atoms with van der Waals surface area (Å²) in [7, 11) is 1.61. The van der Waals surface area contributed by atoms with Crippen molar-refractivity contribution in [1.82, 2.24) is 9.58 Å². The molecule has 2 aliphatic carbocycles. The van der Waals surface area contributed by atoms with E-state index in [4.69, 9.17) is 0 Å². The molecule has 3 unspecified atom stereocenters. The number of fused-ring (bicyclic) bond motifs is 6. The Morgan fingerprint density at radius 2 is 1.79 bits per heavy atom. The fourth-order valence-electron chi connectivity index (χ4n) is 6.16. The van der Waals surface area contributed by atoms with E-state index in [1.165, 1.54) is 21.8 Å². The van der Waals surface area contributed by atoms with E-state index in [-0.39, 0.29) is 11.6 Å². The number of carbonyl (C=O) groups excluding carboxylic acids is 1. The van der Waals surface area contributed by atoms with Crippen LogP contribution in [0.5, 0.6) is 5.75 Å². The van der Waals surface area contributed by atoms with Gasteiger partial charge in [-0.25, -0.2) is 8.78 Å². The lowest BCUT2D eigenvalue weighted by Crippen LogP contribution is -2.67. The lowest BCUT2D eigenvalue weighted by atomic mass is 9.81. The number of rotatable bonds is 1. The normalized spacial score (nSPS) is 25.0. The summed E-state index contributed by atoms with van der Waals surface area (Å²) in [6.07, 6.45) is 1.94. The Hall–Kier alpha value is -3.68. The third-order valence-electron chi connectivity index (χ3n) is 7.63. The van der Waals surface area contributed by atoms with Crippen LogP contribution in [0.1, 0.15) is 39.7 Å². The summed E-state index contributed by atoms with van der Waals surface area (Å²) in [6, 6.07) is 11.9. The van der Waals surface area contributed by atoms with Gasteiger partial charge in [0.05, 0.1) is 0 Å². The van der Waals surface area contributed by atoms with Crippen molar-refractivity contribution in [3.63, 3.8) is 0 Å². The van der Waals surface area contributed by atoms with Crippen LogP contribution in [0.25, 0.3) is 0 Å². The van der Waals surface area contributed by atoms with E-state index in [1.807, 2.05) is 36.2 Å². The van der Waals surface area contributed by atoms with E-state index in [0.717, 1.165) is 17.2 Å². The van der Waals surface area contributed by atoms with E-state index in [2.05, 4.69) is 0 Å². The number of hydrogen-bond donors (Lipinski definition) is 1. The summed E-state index contributed by atoms with van der Waals surface area (Å²) < 4.78 is 30.8. The Kier molecular flexibility index (Phi) is 3.89. The zero-order valence-electron chi connectivity index (χ0n) is 18.0. The topological polar surface area (TPSA) is 65.8 Å². The summed E-state index contributed by atoms with van der Waals surface area (Å²) in [5.41, 5.74) is 1.28. The molecule has 0 saturated heterocycles. The molecule has 6 rings (SSSR count). The molecule has 3 aliphatic rings. The molecule has 1 aromatic heterocycles. The van der Waals surface area contributed by atoms with Gasteiger partial charge in [0.2, 0.25) is 5.43 Å². The predicted molar refractivity (Wildman–Crippen MR) is 117 cm³/mol. The number of halogens is 2. The first-order chi connectivity index (χ1) is 15.8. The lowest BCUT2D eigenvalue weighted by Gasteiger charge is -2.53. The van der Waals surface area contributed by atoms with Crippen molar-refractivity contribution in [2.24, 2.45) is 5.92 Å². The Morgan fingerprint density at radius 1 is 1.03 bits per heavy atom. The lowest BCUT2D eigenvalue weighted by molar-refractivity contribution is 0.0586. The minimum Gasteiger partial charge on any atom is -0.502 e. The van der Waals surface area contributed by atoms with E-state index in [9.17, 15) is 19.1 Å². The van der Waals surface area contributed by atoms with Crippen molar-refractivity contribution in [3.05, 3.63) is 98.5 Å². The molecule has 168 valence electrons. The predicted octanol–water partition coefficient (Wildman–Crippen LogP) is 2.87. The number of benzene rings is 2. The second-order valence-electron chi connectivity index (χ2n) is 9.03. The van der Waals surface area contributed by atoms with Gasteiger partial charge in [-0.1, -0.05) is 30.3 Å². The third-order valence-corrected chi connectivity index (χ3v) is 7.63. The minimum atomic E-state index is -0.925. The number of nitrogens with zero attached hydrogens (tertiary/aromatic N) is 3. The number of amides is 1. The highest BCUT2D eigenvalue weighted by molar-refractivity contribution is 5.96. The number of pyridine rings is 1. The highest BCUT2D eigenvalue weighted by Gasteiger charge is 2.60. The quantitative estimate of drug-likeness (QED) is 0.621. The van der Waals surface area contributed by atoms with Crippen LogP contribution in [0.15, 0.2) is 53.5 Å². The first-order valence-corrected chi connectivity index (χ1v) is 10.9. The highest BCUT2D eigenvalue weighted by Crippen LogP contribution is 2.57. The van der Waals surface area contributed by atoms with Gasteiger partial charge in [0, 0.05) is 25.2 Å². The Morgan fingerprint density at radius 3 is 2.58 bits per heavy atom. The molecule has 6 nitrogen and oxygen atoms in total. The van der Waals surface area contributed by atoms with Crippen LogP contribution in [-0.4, -0.2) is 33.8 Å². The monoisotopic (exact) mass is 449 g/mol. The number of aromatic nitrogens is 1. The largest absolute Gasteiger partial charge is 0.502 e. The summed E-state index contributed by atoms with van der Waals surface area (Å²) in [6.45, 7) is 1.85. The summed E-state index contributed by atoms with van der Waals surface area (Å²) in [5, 5.41) is 12.5. The van der Waals surface area contributed by atoms with Gasteiger partial charge in [-0.15, -0.1) is 0 Å². The molecule has 0 bridgehead atoms. The van der Waals surface area contributed by atoms with Gasteiger partial charge < -0.3 is 10.0 Å². The maximum atomic E-state index is 15.0. The number of hydrogen-bond acceptors (Lipinski definition) is 4. The standard InChI is InChI=1S/C25H21F2N3O3/c1-13-28(2)24(33)22-23(32)20(31)9-10-29(22)30(13)25-15(11-14-5-3-4-6-17(14)25)12-16-18(25)7-8-19(26)21(16)27/h3-10,13,15,32H,11-12H2,1-2H3. The van der Waals surface area contributed by atoms with Crippen LogP contribution >= 0.6 is 0 Å². The molecule has 1 aliphatic heterocycles. The average molecular weight is 449 g/mol. The molecule has 0 saturated carbocycles. The van der Waals surface area contributed by atoms with Crippen molar-refractivity contribution >= 4 is 5.91 Å². The third kappa shape index (κ3) is 2.25. The van der Waals surface area contributed by atoms with Gasteiger partial charge in [0.1, 0.15) is 11.7 Å². The van der Waals surface area contributed by atoms with Crippen molar-refractivity contribution < 1.29 is 18.7 Å². The van der Waals surface area contributed by atoms with E-state index >= 15 is 4.39 Å². The summed E-state index contributed by atoms with van der Waals surface area (Å²) in [4.78, 5) is 26.8. The first kappa shape index (κ1) is 20.0. The van der Waals surface area contributed by atoms with Crippen LogP contribution in [-0.2, 0) is 18.4 Å². The maximum absolute atomic E-state index is 15.0. The molecule has 0 radical (unpaired) electrons. The molecule has 0 spiro atoms. The second kappa shape index (κ2) is 6.43. The van der Waals surface area contributed by atoms with E-state index in [0.29, 0.717) is 24.0 Å². The smallest absolute Gasteiger partial charge is 0.277 e. The number of carbonyl (C=O) groups is 1. The van der Waals surface area contributed by atoms with Gasteiger partial charge in [0.25, 0.3) is 5.91 Å². The fraction of sp³-hybridized carbons (Fsp3) is 0.280. The SMILES string of the molecule is CC1N(C)C(=O)c2c(O)c(=O)ccn2N1C12c3ccccc3CC1Cc1c2ccc(F)c1F. The fourth-order valence-corrected chi connectivity index (χ4v) is 6.16. The van der Waals surface area contributed by atoms with Crippen molar-refractivity contribution in [2.75, 3.05) is 12.1 Å². The molecule has 2 heterocycles. The first-order valence-electron chi connectivity index (χ1n) is 10.9. The molecule has 1 N–H and O–H groups in total. The van der Waals surface area contributed by atoms with Crippen LogP contribution in [0.4, 0.5) is 8.78 Å². The Bertz CT molecular complexity index is 1420. The molecular formula is C25H21F2N3O3. The summed E-state index contributed by atoms with van der Waals surface area (Å²) >= 11 is 0. The summed E-state index contributed by atoms with van der Waals surface area (Å²) in [5.74, 6) is -3.00. The minimum absolute atomic E-state index is 0.139. The molecule has 3 aromatic rings. The van der Waals surface area contributed by atoms with Gasteiger partial charge in [-0.05, 0) is 48.1 Å².